The van der Waals surface area contributed by atoms with Crippen LogP contribution in [0.4, 0.5) is 0 Å². The predicted molar refractivity (Wildman–Crippen MR) is 76.5 cm³/mol. The molecule has 90 valence electrons. The van der Waals surface area contributed by atoms with Crippen molar-refractivity contribution >= 4 is 34.8 Å². The van der Waals surface area contributed by atoms with E-state index in [1.807, 2.05) is 30.3 Å². The molecule has 0 fully saturated rings. The van der Waals surface area contributed by atoms with Crippen molar-refractivity contribution in [2.75, 3.05) is 0 Å². The van der Waals surface area contributed by atoms with Gasteiger partial charge in [-0.2, -0.15) is 0 Å². The van der Waals surface area contributed by atoms with E-state index in [0.29, 0.717) is 11.4 Å². The Kier molecular flexibility index (Phi) is 2.84. The molecule has 18 heavy (non-hydrogen) atoms. The van der Waals surface area contributed by atoms with E-state index in [1.54, 1.807) is 11.3 Å². The number of fused-ring (bicyclic) bond motifs is 1. The van der Waals surface area contributed by atoms with Gasteiger partial charge in [-0.15, -0.1) is 11.3 Å². The molecule has 3 rings (SSSR count). The number of carbonyl (C=O) groups excluding carboxylic acids is 1. The summed E-state index contributed by atoms with van der Waals surface area (Å²) in [5, 5.41) is 0.687. The molecule has 0 spiro atoms. The lowest BCUT2D eigenvalue weighted by molar-refractivity contribution is 0.104. The van der Waals surface area contributed by atoms with Gasteiger partial charge in [0.05, 0.1) is 0 Å². The van der Waals surface area contributed by atoms with Crippen LogP contribution in [0.5, 0.6) is 0 Å². The summed E-state index contributed by atoms with van der Waals surface area (Å²) in [7, 11) is 0. The van der Waals surface area contributed by atoms with Gasteiger partial charge in [0.1, 0.15) is 0 Å². The highest BCUT2D eigenvalue weighted by Gasteiger charge is 2.26. The minimum atomic E-state index is 0.110. The molecule has 0 N–H and O–H groups in total. The van der Waals surface area contributed by atoms with E-state index in [2.05, 4.69) is 13.0 Å². The van der Waals surface area contributed by atoms with Crippen molar-refractivity contribution in [2.24, 2.45) is 0 Å². The number of ketones is 1. The highest BCUT2D eigenvalue weighted by atomic mass is 35.5. The SMILES string of the molecule is Cc1ccc(/C=C2\Cc3c(Cl)cccc3C2=O)s1. The van der Waals surface area contributed by atoms with Crippen LogP contribution in [0.15, 0.2) is 35.9 Å². The minimum Gasteiger partial charge on any atom is -0.289 e. The van der Waals surface area contributed by atoms with Gasteiger partial charge in [0.2, 0.25) is 0 Å². The van der Waals surface area contributed by atoms with Crippen LogP contribution in [-0.4, -0.2) is 5.78 Å². The summed E-state index contributed by atoms with van der Waals surface area (Å²) in [6, 6.07) is 9.63. The average molecular weight is 275 g/mol. The number of aryl methyl sites for hydroxylation is 1. The van der Waals surface area contributed by atoms with Gasteiger partial charge in [-0.1, -0.05) is 23.7 Å². The number of thiophene rings is 1. The van der Waals surface area contributed by atoms with E-state index in [9.17, 15) is 4.79 Å². The Balaban J connectivity index is 2.02. The van der Waals surface area contributed by atoms with Crippen molar-refractivity contribution in [1.82, 2.24) is 0 Å². The Labute approximate surface area is 115 Å². The van der Waals surface area contributed by atoms with Gasteiger partial charge in [-0.3, -0.25) is 4.79 Å². The molecule has 2 aromatic rings. The normalized spacial score (nSPS) is 16.3. The molecule has 1 aromatic carbocycles. The molecule has 0 bridgehead atoms. The summed E-state index contributed by atoms with van der Waals surface area (Å²) in [5.74, 6) is 0.110. The van der Waals surface area contributed by atoms with Gasteiger partial charge in [0.25, 0.3) is 0 Å². The monoisotopic (exact) mass is 274 g/mol. The maximum Gasteiger partial charge on any atom is 0.189 e. The first kappa shape index (κ1) is 11.7. The third kappa shape index (κ3) is 1.92. The molecule has 1 aliphatic rings. The first-order chi connectivity index (χ1) is 8.65. The maximum atomic E-state index is 12.2. The molecular formula is C15H11ClOS. The second-order valence-electron chi connectivity index (χ2n) is 4.39. The molecule has 0 radical (unpaired) electrons. The minimum absolute atomic E-state index is 0.110. The van der Waals surface area contributed by atoms with Gasteiger partial charge in [0.15, 0.2) is 5.78 Å². The number of allylic oxidation sites excluding steroid dienone is 1. The number of hydrogen-bond acceptors (Lipinski definition) is 2. The van der Waals surface area contributed by atoms with E-state index < -0.39 is 0 Å². The molecule has 1 nitrogen and oxygen atoms in total. The predicted octanol–water partition coefficient (Wildman–Crippen LogP) is 4.53. The molecule has 1 aromatic heterocycles. The lowest BCUT2D eigenvalue weighted by Crippen LogP contribution is -1.94. The highest BCUT2D eigenvalue weighted by Crippen LogP contribution is 2.33. The molecule has 0 atom stereocenters. The zero-order valence-corrected chi connectivity index (χ0v) is 11.4. The standard InChI is InChI=1S/C15H11ClOS/c1-9-5-6-11(18-9)7-10-8-13-12(15(10)17)3-2-4-14(13)16/h2-7H,8H2,1H3/b10-7+. The van der Waals surface area contributed by atoms with Gasteiger partial charge < -0.3 is 0 Å². The molecular weight excluding hydrogens is 264 g/mol. The largest absolute Gasteiger partial charge is 0.289 e. The number of carbonyl (C=O) groups is 1. The van der Waals surface area contributed by atoms with Crippen LogP contribution in [-0.2, 0) is 6.42 Å². The zero-order chi connectivity index (χ0) is 12.7. The third-order valence-corrected chi connectivity index (χ3v) is 4.40. The van der Waals surface area contributed by atoms with E-state index in [0.717, 1.165) is 21.6 Å². The van der Waals surface area contributed by atoms with Crippen LogP contribution in [0, 0.1) is 6.92 Å². The maximum absolute atomic E-state index is 12.2. The first-order valence-corrected chi connectivity index (χ1v) is 6.93. The number of rotatable bonds is 1. The Morgan fingerprint density at radius 2 is 2.11 bits per heavy atom. The van der Waals surface area contributed by atoms with E-state index in [1.165, 1.54) is 4.88 Å². The lowest BCUT2D eigenvalue weighted by Gasteiger charge is -1.97. The highest BCUT2D eigenvalue weighted by molar-refractivity contribution is 7.12. The van der Waals surface area contributed by atoms with Crippen LogP contribution in [0.2, 0.25) is 5.02 Å². The molecule has 3 heteroatoms. The summed E-state index contributed by atoms with van der Waals surface area (Å²) >= 11 is 7.83. The van der Waals surface area contributed by atoms with Crippen molar-refractivity contribution in [1.29, 1.82) is 0 Å². The van der Waals surface area contributed by atoms with Crippen molar-refractivity contribution in [2.45, 2.75) is 13.3 Å². The van der Waals surface area contributed by atoms with Gasteiger partial charge in [0, 0.05) is 32.3 Å². The molecule has 1 heterocycles. The smallest absolute Gasteiger partial charge is 0.189 e. The van der Waals surface area contributed by atoms with Gasteiger partial charge >= 0.3 is 0 Å². The topological polar surface area (TPSA) is 17.1 Å². The Hall–Kier alpha value is -1.38. The Bertz CT molecular complexity index is 667. The zero-order valence-electron chi connectivity index (χ0n) is 9.87. The summed E-state index contributed by atoms with van der Waals surface area (Å²) in [6.45, 7) is 2.06. The van der Waals surface area contributed by atoms with Crippen LogP contribution in [0.25, 0.3) is 6.08 Å². The quantitative estimate of drug-likeness (QED) is 0.698. The van der Waals surface area contributed by atoms with E-state index >= 15 is 0 Å². The number of halogens is 1. The molecule has 1 aliphatic carbocycles. The third-order valence-electron chi connectivity index (χ3n) is 3.10. The number of Topliss-reactive ketones (excluding diaryl/α,β-unsaturated/α-hetero) is 1. The Morgan fingerprint density at radius 1 is 1.28 bits per heavy atom. The van der Waals surface area contributed by atoms with E-state index in [4.69, 9.17) is 11.6 Å². The van der Waals surface area contributed by atoms with Crippen LogP contribution < -0.4 is 0 Å². The number of hydrogen-bond donors (Lipinski definition) is 0. The summed E-state index contributed by atoms with van der Waals surface area (Å²) in [6.07, 6.45) is 2.63. The van der Waals surface area contributed by atoms with Crippen molar-refractivity contribution in [3.8, 4) is 0 Å². The lowest BCUT2D eigenvalue weighted by atomic mass is 10.1. The first-order valence-electron chi connectivity index (χ1n) is 5.74. The molecule has 0 saturated carbocycles. The average Bonchev–Trinajstić information content (AvgIpc) is 2.88. The molecule has 0 aliphatic heterocycles. The summed E-state index contributed by atoms with van der Waals surface area (Å²) < 4.78 is 0. The number of benzene rings is 1. The molecule has 0 saturated heterocycles. The fourth-order valence-corrected chi connectivity index (χ4v) is 3.30. The summed E-state index contributed by atoms with van der Waals surface area (Å²) in [4.78, 5) is 14.6. The van der Waals surface area contributed by atoms with Gasteiger partial charge in [-0.25, -0.2) is 0 Å². The van der Waals surface area contributed by atoms with Crippen LogP contribution in [0.3, 0.4) is 0 Å². The second-order valence-corrected chi connectivity index (χ2v) is 6.12. The van der Waals surface area contributed by atoms with Crippen LogP contribution in [0.1, 0.15) is 25.7 Å². The van der Waals surface area contributed by atoms with Gasteiger partial charge in [-0.05, 0) is 36.8 Å². The Morgan fingerprint density at radius 3 is 2.78 bits per heavy atom. The second kappa shape index (κ2) is 4.38. The van der Waals surface area contributed by atoms with E-state index in [-0.39, 0.29) is 5.78 Å². The summed E-state index contributed by atoms with van der Waals surface area (Å²) in [5.41, 5.74) is 2.55. The van der Waals surface area contributed by atoms with Crippen molar-refractivity contribution < 1.29 is 4.79 Å². The molecule has 0 unspecified atom stereocenters. The van der Waals surface area contributed by atoms with Crippen molar-refractivity contribution in [3.63, 3.8) is 0 Å². The van der Waals surface area contributed by atoms with Crippen molar-refractivity contribution in [3.05, 3.63) is 61.8 Å². The fourth-order valence-electron chi connectivity index (χ4n) is 2.21. The van der Waals surface area contributed by atoms with Crippen LogP contribution >= 0.6 is 22.9 Å². The molecule has 0 amide bonds. The fraction of sp³-hybridized carbons (Fsp3) is 0.133.